The van der Waals surface area contributed by atoms with Gasteiger partial charge in [-0.15, -0.1) is 0 Å². The molecule has 0 spiro atoms. The molecule has 0 fully saturated rings. The zero-order valence-electron chi connectivity index (χ0n) is 10.5. The molecule has 0 bridgehead atoms. The molecule has 0 aliphatic rings. The van der Waals surface area contributed by atoms with Crippen molar-refractivity contribution in [2.45, 2.75) is 19.5 Å². The summed E-state index contributed by atoms with van der Waals surface area (Å²) >= 11 is 0. The van der Waals surface area contributed by atoms with E-state index in [1.807, 2.05) is 0 Å². The van der Waals surface area contributed by atoms with Gasteiger partial charge in [0, 0.05) is 11.1 Å². The van der Waals surface area contributed by atoms with Gasteiger partial charge in [0.2, 0.25) is 0 Å². The summed E-state index contributed by atoms with van der Waals surface area (Å²) in [5, 5.41) is 0. The van der Waals surface area contributed by atoms with Crippen molar-refractivity contribution in [1.29, 1.82) is 0 Å². The molecule has 1 heterocycles. The molecule has 1 aromatic heterocycles. The van der Waals surface area contributed by atoms with Gasteiger partial charge >= 0.3 is 6.18 Å². The Hall–Kier alpha value is -2.18. The van der Waals surface area contributed by atoms with Crippen LogP contribution in [0.1, 0.15) is 18.1 Å². The van der Waals surface area contributed by atoms with Gasteiger partial charge in [0.25, 0.3) is 0 Å². The molecule has 106 valence electrons. The summed E-state index contributed by atoms with van der Waals surface area (Å²) in [5.74, 6) is -1.10. The van der Waals surface area contributed by atoms with Crippen molar-refractivity contribution in [1.82, 2.24) is 9.97 Å². The molecular formula is C13H11F4N3. The van der Waals surface area contributed by atoms with Gasteiger partial charge < -0.3 is 5.73 Å². The van der Waals surface area contributed by atoms with E-state index in [9.17, 15) is 17.6 Å². The minimum atomic E-state index is -4.72. The number of nitrogen functional groups attached to an aromatic ring is 1. The van der Waals surface area contributed by atoms with Crippen LogP contribution in [0.5, 0.6) is 0 Å². The van der Waals surface area contributed by atoms with Crippen molar-refractivity contribution in [3.05, 3.63) is 41.5 Å². The van der Waals surface area contributed by atoms with E-state index < -0.39 is 17.6 Å². The molecule has 20 heavy (non-hydrogen) atoms. The first-order valence-electron chi connectivity index (χ1n) is 5.81. The summed E-state index contributed by atoms with van der Waals surface area (Å²) < 4.78 is 51.1. The predicted molar refractivity (Wildman–Crippen MR) is 66.2 cm³/mol. The van der Waals surface area contributed by atoms with Crippen LogP contribution >= 0.6 is 0 Å². The maximum atomic E-state index is 13.6. The lowest BCUT2D eigenvalue weighted by molar-refractivity contribution is -0.139. The maximum Gasteiger partial charge on any atom is 0.419 e. The number of alkyl halides is 3. The Kier molecular flexibility index (Phi) is 3.61. The van der Waals surface area contributed by atoms with Crippen LogP contribution in [0.3, 0.4) is 0 Å². The number of nitrogens with zero attached hydrogens (tertiary/aromatic N) is 2. The average molecular weight is 285 g/mol. The zero-order chi connectivity index (χ0) is 14.9. The van der Waals surface area contributed by atoms with E-state index in [2.05, 4.69) is 9.97 Å². The predicted octanol–water partition coefficient (Wildman–Crippen LogP) is 3.45. The second-order valence-electron chi connectivity index (χ2n) is 4.13. The molecular weight excluding hydrogens is 274 g/mol. The third-order valence-corrected chi connectivity index (χ3v) is 2.88. The van der Waals surface area contributed by atoms with Crippen molar-refractivity contribution >= 4 is 5.82 Å². The topological polar surface area (TPSA) is 51.8 Å². The summed E-state index contributed by atoms with van der Waals surface area (Å²) in [6.45, 7) is 1.80. The van der Waals surface area contributed by atoms with Crippen molar-refractivity contribution < 1.29 is 17.6 Å². The number of hydrogen-bond donors (Lipinski definition) is 1. The normalized spacial score (nSPS) is 11.7. The second kappa shape index (κ2) is 5.07. The van der Waals surface area contributed by atoms with Gasteiger partial charge in [0.05, 0.1) is 11.3 Å². The van der Waals surface area contributed by atoms with Crippen molar-refractivity contribution in [2.75, 3.05) is 5.73 Å². The number of hydrogen-bond acceptors (Lipinski definition) is 3. The zero-order valence-corrected chi connectivity index (χ0v) is 10.5. The number of rotatable bonds is 2. The monoisotopic (exact) mass is 285 g/mol. The fraction of sp³-hybridized carbons (Fsp3) is 0.231. The van der Waals surface area contributed by atoms with Crippen LogP contribution in [-0.2, 0) is 12.6 Å². The molecule has 0 saturated carbocycles. The lowest BCUT2D eigenvalue weighted by Gasteiger charge is -2.11. The molecule has 0 unspecified atom stereocenters. The molecule has 0 aliphatic carbocycles. The van der Waals surface area contributed by atoms with Gasteiger partial charge in [-0.25, -0.2) is 14.4 Å². The van der Waals surface area contributed by atoms with Crippen molar-refractivity contribution in [3.63, 3.8) is 0 Å². The summed E-state index contributed by atoms with van der Waals surface area (Å²) in [7, 11) is 0. The summed E-state index contributed by atoms with van der Waals surface area (Å²) in [4.78, 5) is 7.78. The van der Waals surface area contributed by atoms with Gasteiger partial charge in [0.15, 0.2) is 0 Å². The highest BCUT2D eigenvalue weighted by Gasteiger charge is 2.34. The van der Waals surface area contributed by atoms with Crippen LogP contribution in [-0.4, -0.2) is 9.97 Å². The third kappa shape index (κ3) is 2.56. The smallest absolute Gasteiger partial charge is 0.383 e. The minimum Gasteiger partial charge on any atom is -0.383 e. The fourth-order valence-corrected chi connectivity index (χ4v) is 1.92. The second-order valence-corrected chi connectivity index (χ2v) is 4.13. The SMILES string of the molecule is CCc1c(N)ncnc1-c1ccc(C(F)(F)F)c(F)c1. The van der Waals surface area contributed by atoms with Crippen LogP contribution in [0.4, 0.5) is 23.4 Å². The molecule has 0 atom stereocenters. The fourth-order valence-electron chi connectivity index (χ4n) is 1.92. The summed E-state index contributed by atoms with van der Waals surface area (Å²) in [6, 6.07) is 2.68. The molecule has 0 radical (unpaired) electrons. The van der Waals surface area contributed by atoms with Crippen LogP contribution in [0.25, 0.3) is 11.3 Å². The van der Waals surface area contributed by atoms with Crippen molar-refractivity contribution in [2.24, 2.45) is 0 Å². The molecule has 2 N–H and O–H groups in total. The number of benzene rings is 1. The van der Waals surface area contributed by atoms with Gasteiger partial charge in [-0.3, -0.25) is 0 Å². The van der Waals surface area contributed by atoms with Crippen LogP contribution in [0.15, 0.2) is 24.5 Å². The lowest BCUT2D eigenvalue weighted by atomic mass is 10.0. The Bertz CT molecular complexity index is 638. The lowest BCUT2D eigenvalue weighted by Crippen LogP contribution is -2.08. The Morgan fingerprint density at radius 3 is 2.45 bits per heavy atom. The Morgan fingerprint density at radius 1 is 1.20 bits per heavy atom. The maximum absolute atomic E-state index is 13.6. The molecule has 2 aromatic rings. The first kappa shape index (κ1) is 14.2. The first-order valence-corrected chi connectivity index (χ1v) is 5.81. The Morgan fingerprint density at radius 2 is 1.90 bits per heavy atom. The highest BCUT2D eigenvalue weighted by molar-refractivity contribution is 5.67. The highest BCUT2D eigenvalue weighted by atomic mass is 19.4. The van der Waals surface area contributed by atoms with Crippen molar-refractivity contribution in [3.8, 4) is 11.3 Å². The van der Waals surface area contributed by atoms with E-state index in [0.717, 1.165) is 6.07 Å². The van der Waals surface area contributed by atoms with E-state index in [-0.39, 0.29) is 11.4 Å². The van der Waals surface area contributed by atoms with Gasteiger partial charge in [-0.1, -0.05) is 13.0 Å². The van der Waals surface area contributed by atoms with Gasteiger partial charge in [-0.05, 0) is 18.6 Å². The van der Waals surface area contributed by atoms with E-state index in [4.69, 9.17) is 5.73 Å². The molecule has 3 nitrogen and oxygen atoms in total. The molecule has 1 aromatic carbocycles. The van der Waals surface area contributed by atoms with E-state index >= 15 is 0 Å². The van der Waals surface area contributed by atoms with Gasteiger partial charge in [-0.2, -0.15) is 13.2 Å². The van der Waals surface area contributed by atoms with Crippen LogP contribution in [0.2, 0.25) is 0 Å². The molecule has 0 saturated heterocycles. The number of nitrogens with two attached hydrogens (primary N) is 1. The summed E-state index contributed by atoms with van der Waals surface area (Å²) in [6.07, 6.45) is -3.04. The van der Waals surface area contributed by atoms with E-state index in [0.29, 0.717) is 23.7 Å². The Balaban J connectivity index is 2.56. The summed E-state index contributed by atoms with van der Waals surface area (Å²) in [5.41, 5.74) is 5.53. The standard InChI is InChI=1S/C13H11F4N3/c1-2-8-11(19-6-20-12(8)18)7-3-4-9(10(14)5-7)13(15,16)17/h3-6H,2H2,1H3,(H2,18,19,20). The Labute approximate surface area is 112 Å². The van der Waals surface area contributed by atoms with Gasteiger partial charge in [0.1, 0.15) is 18.0 Å². The number of halogens is 4. The van der Waals surface area contributed by atoms with Crippen LogP contribution < -0.4 is 5.73 Å². The molecule has 0 amide bonds. The van der Waals surface area contributed by atoms with Crippen LogP contribution in [0, 0.1) is 5.82 Å². The number of anilines is 1. The molecule has 2 rings (SSSR count). The number of aromatic nitrogens is 2. The quantitative estimate of drug-likeness (QED) is 0.860. The average Bonchev–Trinajstić information content (AvgIpc) is 2.36. The largest absolute Gasteiger partial charge is 0.419 e. The molecule has 7 heteroatoms. The third-order valence-electron chi connectivity index (χ3n) is 2.88. The van der Waals surface area contributed by atoms with E-state index in [1.54, 1.807) is 6.92 Å². The highest BCUT2D eigenvalue weighted by Crippen LogP contribution is 2.34. The first-order chi connectivity index (χ1) is 9.34. The van der Waals surface area contributed by atoms with E-state index in [1.165, 1.54) is 12.4 Å². The minimum absolute atomic E-state index is 0.234. The molecule has 0 aliphatic heterocycles.